The highest BCUT2D eigenvalue weighted by atomic mass is 19.1. The number of carboxylic acids is 1. The molecule has 0 fully saturated rings. The Labute approximate surface area is 231 Å². The van der Waals surface area contributed by atoms with E-state index in [0.717, 1.165) is 5.56 Å². The van der Waals surface area contributed by atoms with E-state index in [4.69, 9.17) is 9.47 Å². The number of urea groups is 1. The van der Waals surface area contributed by atoms with Gasteiger partial charge in [-0.1, -0.05) is 35.5 Å². The van der Waals surface area contributed by atoms with E-state index in [-0.39, 0.29) is 38.2 Å². The van der Waals surface area contributed by atoms with Gasteiger partial charge < -0.3 is 30.5 Å². The van der Waals surface area contributed by atoms with Crippen molar-refractivity contribution in [1.82, 2.24) is 30.9 Å². The van der Waals surface area contributed by atoms with Crippen LogP contribution in [0.15, 0.2) is 36.5 Å². The van der Waals surface area contributed by atoms with E-state index in [2.05, 4.69) is 26.3 Å². The first-order valence-electron chi connectivity index (χ1n) is 12.9. The maximum absolute atomic E-state index is 12.7. The van der Waals surface area contributed by atoms with Crippen LogP contribution in [0.2, 0.25) is 0 Å². The second kappa shape index (κ2) is 16.0. The maximum atomic E-state index is 12.7. The Morgan fingerprint density at radius 1 is 1.07 bits per heavy atom. The molecular weight excluding hydrogens is 527 g/mol. The number of hydrogen-bond donors (Lipinski definition) is 4. The summed E-state index contributed by atoms with van der Waals surface area (Å²) in [5, 5.41) is 24.5. The number of ether oxygens (including phenoxy) is 2. The second-order valence-electron chi connectivity index (χ2n) is 9.95. The van der Waals surface area contributed by atoms with Gasteiger partial charge in [-0.25, -0.2) is 28.3 Å². The Kier molecular flexibility index (Phi) is 12.8. The number of esters is 1. The number of nitrogens with zero attached hydrogens (tertiary/aromatic N) is 3. The van der Waals surface area contributed by atoms with Gasteiger partial charge >= 0.3 is 24.1 Å². The molecule has 0 aliphatic rings. The number of halogens is 1. The summed E-state index contributed by atoms with van der Waals surface area (Å²) in [5.74, 6) is -2.01. The highest BCUT2D eigenvalue weighted by Crippen LogP contribution is 2.12. The van der Waals surface area contributed by atoms with Gasteiger partial charge in [-0.15, -0.1) is 5.10 Å². The van der Waals surface area contributed by atoms with Crippen molar-refractivity contribution in [3.05, 3.63) is 47.8 Å². The second-order valence-corrected chi connectivity index (χ2v) is 9.95. The van der Waals surface area contributed by atoms with E-state index in [1.54, 1.807) is 20.8 Å². The minimum absolute atomic E-state index is 0.0272. The van der Waals surface area contributed by atoms with Crippen LogP contribution in [0.25, 0.3) is 0 Å². The molecule has 2 unspecified atom stereocenters. The first-order valence-corrected chi connectivity index (χ1v) is 12.9. The summed E-state index contributed by atoms with van der Waals surface area (Å²) in [7, 11) is 0. The Bertz CT molecular complexity index is 1110. The predicted molar refractivity (Wildman–Crippen MR) is 141 cm³/mol. The number of alkyl carbamates (subject to hydrolysis) is 1. The molecular formula is C26H37FN6O7. The largest absolute Gasteiger partial charge is 0.480 e. The fourth-order valence-electron chi connectivity index (χ4n) is 3.46. The third-order valence-electron chi connectivity index (χ3n) is 5.31. The number of aromatic nitrogens is 3. The number of aryl methyl sites for hydroxylation is 1. The highest BCUT2D eigenvalue weighted by Gasteiger charge is 2.28. The smallest absolute Gasteiger partial charge is 0.407 e. The number of rotatable bonds is 15. The van der Waals surface area contributed by atoms with Crippen molar-refractivity contribution in [3.63, 3.8) is 0 Å². The Morgan fingerprint density at radius 2 is 1.77 bits per heavy atom. The predicted octanol–water partition coefficient (Wildman–Crippen LogP) is 2.35. The van der Waals surface area contributed by atoms with Crippen LogP contribution in [0.1, 0.15) is 51.3 Å². The van der Waals surface area contributed by atoms with Gasteiger partial charge in [-0.3, -0.25) is 0 Å². The lowest BCUT2D eigenvalue weighted by Gasteiger charge is -2.25. The molecule has 1 heterocycles. The van der Waals surface area contributed by atoms with Crippen molar-refractivity contribution in [2.75, 3.05) is 13.2 Å². The number of nitrogens with one attached hydrogen (secondary N) is 3. The fourth-order valence-corrected chi connectivity index (χ4v) is 3.46. The Hall–Kier alpha value is -4.23. The minimum atomic E-state index is -1.37. The molecule has 1 aromatic carbocycles. The number of hydrogen-bond acceptors (Lipinski definition) is 8. The molecule has 2 aromatic rings. The zero-order valence-corrected chi connectivity index (χ0v) is 22.9. The molecule has 40 heavy (non-hydrogen) atoms. The molecule has 4 N–H and O–H groups in total. The van der Waals surface area contributed by atoms with Gasteiger partial charge in [-0.2, -0.15) is 0 Å². The number of carbonyl (C=O) groups excluding carboxylic acids is 3. The van der Waals surface area contributed by atoms with Crippen LogP contribution >= 0.6 is 0 Å². The van der Waals surface area contributed by atoms with Crippen LogP contribution in [0.5, 0.6) is 0 Å². The molecule has 0 radical (unpaired) electrons. The molecule has 2 atom stereocenters. The van der Waals surface area contributed by atoms with Gasteiger partial charge in [0.05, 0.1) is 12.2 Å². The van der Waals surface area contributed by atoms with Crippen molar-refractivity contribution >= 4 is 24.1 Å². The third-order valence-corrected chi connectivity index (χ3v) is 5.31. The van der Waals surface area contributed by atoms with E-state index < -0.39 is 48.4 Å². The molecule has 0 spiro atoms. The van der Waals surface area contributed by atoms with Crippen molar-refractivity contribution in [2.24, 2.45) is 0 Å². The van der Waals surface area contributed by atoms with Gasteiger partial charge in [0.1, 0.15) is 31.0 Å². The quantitative estimate of drug-likeness (QED) is 0.187. The van der Waals surface area contributed by atoms with E-state index in [9.17, 15) is 28.7 Å². The van der Waals surface area contributed by atoms with Crippen LogP contribution in [-0.2, 0) is 38.6 Å². The monoisotopic (exact) mass is 564 g/mol. The fraction of sp³-hybridized carbons (Fsp3) is 0.538. The summed E-state index contributed by atoms with van der Waals surface area (Å²) >= 11 is 0. The summed E-state index contributed by atoms with van der Waals surface area (Å²) in [5.41, 5.74) is 0.294. The maximum Gasteiger partial charge on any atom is 0.407 e. The molecule has 0 saturated carbocycles. The number of amides is 3. The highest BCUT2D eigenvalue weighted by molar-refractivity contribution is 5.86. The topological polar surface area (TPSA) is 174 Å². The molecule has 13 nitrogen and oxygen atoms in total. The molecule has 14 heteroatoms. The van der Waals surface area contributed by atoms with Crippen LogP contribution < -0.4 is 16.0 Å². The standard InChI is InChI=1S/C26H37FN6O7/c1-26(2,3)40-23(36)20(11-7-8-13-28-25(38)39-17-18-9-5-4-6-10-18)29-24(37)30-21(22(34)35)15-19-16-33(14-12-27)32-31-19/h4-6,9-10,16,20-21H,7-8,11-15,17H2,1-3H3,(H,28,38)(H,34,35)(H2,29,30,37). The summed E-state index contributed by atoms with van der Waals surface area (Å²) < 4.78 is 24.3. The number of carbonyl (C=O) groups is 4. The van der Waals surface area contributed by atoms with Crippen molar-refractivity contribution in [3.8, 4) is 0 Å². The average molecular weight is 565 g/mol. The summed E-state index contributed by atoms with van der Waals surface area (Å²) in [4.78, 5) is 49.0. The molecule has 2 rings (SSSR count). The first kappa shape index (κ1) is 32.0. The number of unbranched alkanes of at least 4 members (excludes halogenated alkanes) is 1. The molecule has 1 aromatic heterocycles. The molecule has 0 saturated heterocycles. The molecule has 0 aliphatic carbocycles. The van der Waals surface area contributed by atoms with E-state index >= 15 is 0 Å². The zero-order valence-electron chi connectivity index (χ0n) is 22.9. The molecule has 3 amide bonds. The van der Waals surface area contributed by atoms with E-state index in [1.165, 1.54) is 10.9 Å². The summed E-state index contributed by atoms with van der Waals surface area (Å²) in [6.45, 7) is 4.79. The van der Waals surface area contributed by atoms with E-state index in [0.29, 0.717) is 12.8 Å². The zero-order chi connectivity index (χ0) is 29.5. The number of carboxylic acid groups (broad SMARTS) is 1. The lowest BCUT2D eigenvalue weighted by Crippen LogP contribution is -2.52. The van der Waals surface area contributed by atoms with Crippen molar-refractivity contribution < 1.29 is 38.1 Å². The van der Waals surface area contributed by atoms with Crippen molar-refractivity contribution in [2.45, 2.75) is 77.3 Å². The summed E-state index contributed by atoms with van der Waals surface area (Å²) in [6, 6.07) is 5.90. The van der Waals surface area contributed by atoms with Crippen LogP contribution in [-0.4, -0.2) is 75.1 Å². The van der Waals surface area contributed by atoms with Gasteiger partial charge in [-0.05, 0) is 45.6 Å². The Balaban J connectivity index is 1.86. The number of aliphatic carboxylic acids is 1. The van der Waals surface area contributed by atoms with Gasteiger partial charge in [0.2, 0.25) is 0 Å². The molecule has 0 aliphatic heterocycles. The average Bonchev–Trinajstić information content (AvgIpc) is 3.32. The molecule has 220 valence electrons. The lowest BCUT2D eigenvalue weighted by atomic mass is 10.1. The Morgan fingerprint density at radius 3 is 2.42 bits per heavy atom. The lowest BCUT2D eigenvalue weighted by molar-refractivity contribution is -0.157. The van der Waals surface area contributed by atoms with Gasteiger partial charge in [0, 0.05) is 19.2 Å². The van der Waals surface area contributed by atoms with Crippen molar-refractivity contribution in [1.29, 1.82) is 0 Å². The SMILES string of the molecule is CC(C)(C)OC(=O)C(CCCCNC(=O)OCc1ccccc1)NC(=O)NC(Cc1cn(CCF)nn1)C(=O)O. The van der Waals surface area contributed by atoms with Crippen LogP contribution in [0.4, 0.5) is 14.0 Å². The molecule has 0 bridgehead atoms. The minimum Gasteiger partial charge on any atom is -0.480 e. The third kappa shape index (κ3) is 12.5. The van der Waals surface area contributed by atoms with Gasteiger partial charge in [0.15, 0.2) is 0 Å². The normalized spacial score (nSPS) is 12.6. The number of benzene rings is 1. The number of alkyl halides is 1. The van der Waals surface area contributed by atoms with E-state index in [1.807, 2.05) is 30.3 Å². The summed E-state index contributed by atoms with van der Waals surface area (Å²) in [6.07, 6.45) is 1.72. The van der Waals surface area contributed by atoms with Crippen LogP contribution in [0.3, 0.4) is 0 Å². The van der Waals surface area contributed by atoms with Crippen LogP contribution in [0, 0.1) is 0 Å². The van der Waals surface area contributed by atoms with Gasteiger partial charge in [0.25, 0.3) is 0 Å². The first-order chi connectivity index (χ1) is 19.0.